The maximum atomic E-state index is 13.1. The van der Waals surface area contributed by atoms with Crippen LogP contribution in [0.15, 0.2) is 71.3 Å². The number of benzene rings is 2. The minimum Gasteiger partial charge on any atom is -0.497 e. The maximum absolute atomic E-state index is 13.1. The van der Waals surface area contributed by atoms with Gasteiger partial charge in [-0.2, -0.15) is 0 Å². The van der Waals surface area contributed by atoms with E-state index in [0.29, 0.717) is 22.2 Å². The van der Waals surface area contributed by atoms with Gasteiger partial charge in [-0.15, -0.1) is 0 Å². The number of thiazole rings is 1. The Morgan fingerprint density at radius 3 is 2.66 bits per heavy atom. The number of amides is 1. The van der Waals surface area contributed by atoms with Crippen LogP contribution in [0.5, 0.6) is 5.75 Å². The fourth-order valence-electron chi connectivity index (χ4n) is 3.23. The lowest BCUT2D eigenvalue weighted by Crippen LogP contribution is -2.31. The Labute approximate surface area is 190 Å². The first-order valence-corrected chi connectivity index (χ1v) is 12.6. The van der Waals surface area contributed by atoms with Crippen molar-refractivity contribution in [3.63, 3.8) is 0 Å². The van der Waals surface area contributed by atoms with Gasteiger partial charge in [-0.25, -0.2) is 13.4 Å². The van der Waals surface area contributed by atoms with Gasteiger partial charge in [-0.05, 0) is 35.9 Å². The summed E-state index contributed by atoms with van der Waals surface area (Å²) in [6.45, 7) is 0.168. The summed E-state index contributed by atoms with van der Waals surface area (Å²) in [4.78, 5) is 19.2. The summed E-state index contributed by atoms with van der Waals surface area (Å²) < 4.78 is 36.7. The SMILES string of the molecule is COc1ccc2nc(N(Cc3ccco3)C(=O)CCS(=O)(=O)Cc3ccccc3)sc2c1. The average Bonchev–Trinajstić information content (AvgIpc) is 3.45. The van der Waals surface area contributed by atoms with Crippen LogP contribution in [0, 0.1) is 0 Å². The number of carbonyl (C=O) groups is 1. The molecular formula is C23H22N2O5S2. The number of furan rings is 1. The number of rotatable bonds is 9. The molecular weight excluding hydrogens is 448 g/mol. The number of carbonyl (C=O) groups excluding carboxylic acids is 1. The van der Waals surface area contributed by atoms with Crippen LogP contribution in [0.1, 0.15) is 17.7 Å². The van der Waals surface area contributed by atoms with Gasteiger partial charge in [0.25, 0.3) is 0 Å². The van der Waals surface area contributed by atoms with E-state index >= 15 is 0 Å². The summed E-state index contributed by atoms with van der Waals surface area (Å²) in [7, 11) is -1.86. The number of hydrogen-bond donors (Lipinski definition) is 0. The lowest BCUT2D eigenvalue weighted by atomic mass is 10.2. The van der Waals surface area contributed by atoms with Crippen LogP contribution in [0.25, 0.3) is 10.2 Å². The van der Waals surface area contributed by atoms with Crippen molar-refractivity contribution < 1.29 is 22.4 Å². The van der Waals surface area contributed by atoms with Crippen LogP contribution in [0.4, 0.5) is 5.13 Å². The van der Waals surface area contributed by atoms with E-state index in [-0.39, 0.29) is 30.4 Å². The van der Waals surface area contributed by atoms with Gasteiger partial charge in [-0.3, -0.25) is 9.69 Å². The van der Waals surface area contributed by atoms with Crippen molar-refractivity contribution in [3.8, 4) is 5.75 Å². The van der Waals surface area contributed by atoms with E-state index in [2.05, 4.69) is 4.98 Å². The molecule has 0 aliphatic carbocycles. The second-order valence-corrected chi connectivity index (χ2v) is 10.4. The Bertz CT molecular complexity index is 1300. The number of methoxy groups -OCH3 is 1. The highest BCUT2D eigenvalue weighted by Crippen LogP contribution is 2.32. The first kappa shape index (κ1) is 22.0. The normalized spacial score (nSPS) is 11.5. The summed E-state index contributed by atoms with van der Waals surface area (Å²) in [6, 6.07) is 17.9. The van der Waals surface area contributed by atoms with Crippen molar-refractivity contribution in [2.24, 2.45) is 0 Å². The first-order chi connectivity index (χ1) is 15.4. The molecule has 2 aromatic carbocycles. The Morgan fingerprint density at radius 1 is 1.12 bits per heavy atom. The van der Waals surface area contributed by atoms with Gasteiger partial charge in [0, 0.05) is 6.42 Å². The standard InChI is InChI=1S/C23H22N2O5S2/c1-29-18-9-10-20-21(14-18)31-23(24-20)25(15-19-8-5-12-30-19)22(26)11-13-32(27,28)16-17-6-3-2-4-7-17/h2-10,12,14H,11,13,15-16H2,1H3. The molecule has 7 nitrogen and oxygen atoms in total. The molecule has 4 rings (SSSR count). The largest absolute Gasteiger partial charge is 0.497 e. The van der Waals surface area contributed by atoms with E-state index in [4.69, 9.17) is 9.15 Å². The van der Waals surface area contributed by atoms with Gasteiger partial charge in [0.15, 0.2) is 15.0 Å². The second kappa shape index (κ2) is 9.54. The number of anilines is 1. The predicted octanol–water partition coefficient (Wildman–Crippen LogP) is 4.44. The first-order valence-electron chi connectivity index (χ1n) is 9.95. The lowest BCUT2D eigenvalue weighted by molar-refractivity contribution is -0.118. The van der Waals surface area contributed by atoms with Gasteiger partial charge in [0.2, 0.25) is 5.91 Å². The van der Waals surface area contributed by atoms with Crippen molar-refractivity contribution >= 4 is 42.4 Å². The third-order valence-electron chi connectivity index (χ3n) is 4.87. The Balaban J connectivity index is 1.54. The van der Waals surface area contributed by atoms with Crippen LogP contribution >= 0.6 is 11.3 Å². The number of aromatic nitrogens is 1. The van der Waals surface area contributed by atoms with E-state index in [1.807, 2.05) is 18.2 Å². The zero-order valence-electron chi connectivity index (χ0n) is 17.4. The van der Waals surface area contributed by atoms with E-state index in [1.54, 1.807) is 49.6 Å². The summed E-state index contributed by atoms with van der Waals surface area (Å²) in [5.41, 5.74) is 1.44. The molecule has 32 heavy (non-hydrogen) atoms. The zero-order valence-corrected chi connectivity index (χ0v) is 19.1. The third-order valence-corrected chi connectivity index (χ3v) is 7.51. The molecule has 2 heterocycles. The monoisotopic (exact) mass is 470 g/mol. The van der Waals surface area contributed by atoms with Gasteiger partial charge < -0.3 is 9.15 Å². The van der Waals surface area contributed by atoms with Crippen molar-refractivity contribution in [1.29, 1.82) is 0 Å². The highest BCUT2D eigenvalue weighted by Gasteiger charge is 2.24. The molecule has 0 unspecified atom stereocenters. The van der Waals surface area contributed by atoms with Crippen LogP contribution in [-0.2, 0) is 26.9 Å². The van der Waals surface area contributed by atoms with Crippen molar-refractivity contribution in [3.05, 3.63) is 78.3 Å². The quantitative estimate of drug-likeness (QED) is 0.359. The van der Waals surface area contributed by atoms with Crippen molar-refractivity contribution in [2.45, 2.75) is 18.7 Å². The number of fused-ring (bicyclic) bond motifs is 1. The minimum atomic E-state index is -3.45. The summed E-state index contributed by atoms with van der Waals surface area (Å²) in [6.07, 6.45) is 1.39. The summed E-state index contributed by atoms with van der Waals surface area (Å²) >= 11 is 1.34. The molecule has 1 amide bonds. The fraction of sp³-hybridized carbons (Fsp3) is 0.217. The van der Waals surface area contributed by atoms with Gasteiger partial charge in [0.05, 0.1) is 41.6 Å². The number of ether oxygens (including phenoxy) is 1. The molecule has 0 aliphatic rings. The number of hydrogen-bond acceptors (Lipinski definition) is 7. The Hall–Kier alpha value is -3.17. The van der Waals surface area contributed by atoms with E-state index in [9.17, 15) is 13.2 Å². The number of sulfone groups is 1. The summed E-state index contributed by atoms with van der Waals surface area (Å²) in [5, 5.41) is 0.482. The molecule has 0 radical (unpaired) electrons. The molecule has 4 aromatic rings. The highest BCUT2D eigenvalue weighted by atomic mass is 32.2. The molecule has 9 heteroatoms. The molecule has 0 N–H and O–H groups in total. The minimum absolute atomic E-state index is 0.0970. The van der Waals surface area contributed by atoms with Crippen LogP contribution in [0.3, 0.4) is 0 Å². The summed E-state index contributed by atoms with van der Waals surface area (Å²) in [5.74, 6) is 0.615. The number of nitrogens with zero attached hydrogens (tertiary/aromatic N) is 2. The fourth-order valence-corrected chi connectivity index (χ4v) is 5.58. The second-order valence-electron chi connectivity index (χ2n) is 7.22. The Morgan fingerprint density at radius 2 is 1.94 bits per heavy atom. The zero-order chi connectivity index (χ0) is 22.6. The van der Waals surface area contributed by atoms with Gasteiger partial charge in [-0.1, -0.05) is 41.7 Å². The van der Waals surface area contributed by atoms with Crippen LogP contribution in [0.2, 0.25) is 0 Å². The maximum Gasteiger partial charge on any atom is 0.230 e. The van der Waals surface area contributed by atoms with Crippen LogP contribution < -0.4 is 9.64 Å². The van der Waals surface area contributed by atoms with Gasteiger partial charge in [0.1, 0.15) is 11.5 Å². The average molecular weight is 471 g/mol. The topological polar surface area (TPSA) is 89.7 Å². The van der Waals surface area contributed by atoms with Crippen molar-refractivity contribution in [2.75, 3.05) is 17.8 Å². The predicted molar refractivity (Wildman–Crippen MR) is 125 cm³/mol. The molecule has 166 valence electrons. The highest BCUT2D eigenvalue weighted by molar-refractivity contribution is 7.90. The molecule has 0 bridgehead atoms. The van der Waals surface area contributed by atoms with E-state index < -0.39 is 9.84 Å². The molecule has 0 saturated carbocycles. The van der Waals surface area contributed by atoms with Crippen LogP contribution in [-0.4, -0.2) is 32.2 Å². The smallest absolute Gasteiger partial charge is 0.230 e. The molecule has 0 atom stereocenters. The molecule has 0 saturated heterocycles. The van der Waals surface area contributed by atoms with Gasteiger partial charge >= 0.3 is 0 Å². The molecule has 2 aromatic heterocycles. The van der Waals surface area contributed by atoms with E-state index in [1.165, 1.54) is 22.5 Å². The Kier molecular flexibility index (Phi) is 6.57. The lowest BCUT2D eigenvalue weighted by Gasteiger charge is -2.18. The molecule has 0 aliphatic heterocycles. The van der Waals surface area contributed by atoms with E-state index in [0.717, 1.165) is 10.2 Å². The van der Waals surface area contributed by atoms with Crippen molar-refractivity contribution in [1.82, 2.24) is 4.98 Å². The third kappa shape index (κ3) is 5.35. The molecule has 0 spiro atoms. The molecule has 0 fully saturated rings.